The molecule has 2 aromatic carbocycles. The van der Waals surface area contributed by atoms with Crippen LogP contribution in [0.15, 0.2) is 71.8 Å². The Labute approximate surface area is 171 Å². The molecular weight excluding hydrogens is 386 g/mol. The minimum atomic E-state index is -0.383. The Kier molecular flexibility index (Phi) is 4.94. The lowest BCUT2D eigenvalue weighted by Crippen LogP contribution is -2.27. The summed E-state index contributed by atoms with van der Waals surface area (Å²) in [6.07, 6.45) is 3.51. The van der Waals surface area contributed by atoms with E-state index >= 15 is 0 Å². The predicted molar refractivity (Wildman–Crippen MR) is 110 cm³/mol. The number of nitrogens with zero attached hydrogens (tertiary/aromatic N) is 3. The number of phenolic OH excluding ortho intramolecular Hbond substituents is 1. The Bertz CT molecular complexity index is 1170. The first-order valence-corrected chi connectivity index (χ1v) is 9.58. The molecule has 7 heteroatoms. The fraction of sp³-hybridized carbons (Fsp3) is 0.0455. The van der Waals surface area contributed by atoms with Gasteiger partial charge in [0.2, 0.25) is 0 Å². The summed E-state index contributed by atoms with van der Waals surface area (Å²) in [6.45, 7) is 0.0602. The van der Waals surface area contributed by atoms with E-state index in [9.17, 15) is 20.0 Å². The Morgan fingerprint density at radius 1 is 1.03 bits per heavy atom. The van der Waals surface area contributed by atoms with Crippen molar-refractivity contribution in [2.24, 2.45) is 0 Å². The van der Waals surface area contributed by atoms with Crippen LogP contribution in [0.4, 0.5) is 4.79 Å². The standard InChI is InChI=1S/C22H15N3O3S/c23-13-15-4-1-2-5-16(15)14-25-21(27)20(29-22(25)28)12-18-6-3-11-24(18)17-7-9-19(26)10-8-17/h1-12,26H,14H2/b20-12+. The van der Waals surface area contributed by atoms with E-state index in [-0.39, 0.29) is 23.4 Å². The molecule has 0 unspecified atom stereocenters. The maximum Gasteiger partial charge on any atom is 0.293 e. The monoisotopic (exact) mass is 401 g/mol. The van der Waals surface area contributed by atoms with Gasteiger partial charge in [-0.25, -0.2) is 0 Å². The minimum Gasteiger partial charge on any atom is -0.508 e. The van der Waals surface area contributed by atoms with Crippen LogP contribution in [-0.2, 0) is 11.3 Å². The molecule has 1 aromatic heterocycles. The van der Waals surface area contributed by atoms with E-state index in [1.54, 1.807) is 54.6 Å². The van der Waals surface area contributed by atoms with Crippen LogP contribution < -0.4 is 0 Å². The lowest BCUT2D eigenvalue weighted by molar-refractivity contribution is -0.123. The van der Waals surface area contributed by atoms with Gasteiger partial charge in [0.15, 0.2) is 0 Å². The normalized spacial score (nSPS) is 15.1. The summed E-state index contributed by atoms with van der Waals surface area (Å²) in [5.41, 5.74) is 2.63. The van der Waals surface area contributed by atoms with Crippen LogP contribution in [0.2, 0.25) is 0 Å². The molecule has 0 radical (unpaired) electrons. The van der Waals surface area contributed by atoms with Crippen molar-refractivity contribution in [3.8, 4) is 17.5 Å². The first kappa shape index (κ1) is 18.6. The Morgan fingerprint density at radius 3 is 2.55 bits per heavy atom. The predicted octanol–water partition coefficient (Wildman–Crippen LogP) is 4.29. The molecule has 1 saturated heterocycles. The molecule has 1 aliphatic rings. The number of aromatic hydroxyl groups is 1. The zero-order valence-corrected chi connectivity index (χ0v) is 16.0. The maximum absolute atomic E-state index is 12.8. The molecule has 2 heterocycles. The Hall–Kier alpha value is -3.76. The maximum atomic E-state index is 12.8. The molecule has 1 N–H and O–H groups in total. The van der Waals surface area contributed by atoms with E-state index in [4.69, 9.17) is 0 Å². The van der Waals surface area contributed by atoms with Gasteiger partial charge in [0.25, 0.3) is 11.1 Å². The van der Waals surface area contributed by atoms with E-state index in [0.717, 1.165) is 28.0 Å². The van der Waals surface area contributed by atoms with Crippen LogP contribution in [0, 0.1) is 11.3 Å². The van der Waals surface area contributed by atoms with E-state index in [2.05, 4.69) is 6.07 Å². The molecule has 0 aliphatic carbocycles. The van der Waals surface area contributed by atoms with Crippen LogP contribution >= 0.6 is 11.8 Å². The molecule has 2 amide bonds. The second kappa shape index (κ2) is 7.70. The number of rotatable bonds is 4. The fourth-order valence-electron chi connectivity index (χ4n) is 3.07. The number of hydrogen-bond acceptors (Lipinski definition) is 5. The summed E-state index contributed by atoms with van der Waals surface area (Å²) >= 11 is 0.881. The number of phenols is 1. The van der Waals surface area contributed by atoms with Gasteiger partial charge in [-0.05, 0) is 65.9 Å². The van der Waals surface area contributed by atoms with Crippen molar-refractivity contribution < 1.29 is 14.7 Å². The summed E-state index contributed by atoms with van der Waals surface area (Å²) in [7, 11) is 0. The molecule has 29 heavy (non-hydrogen) atoms. The molecule has 3 aromatic rings. The van der Waals surface area contributed by atoms with Crippen LogP contribution in [-0.4, -0.2) is 25.7 Å². The number of carbonyl (C=O) groups excluding carboxylic acids is 2. The molecule has 142 valence electrons. The van der Waals surface area contributed by atoms with Crippen molar-refractivity contribution in [2.75, 3.05) is 0 Å². The lowest BCUT2D eigenvalue weighted by Gasteiger charge is -2.13. The molecule has 0 bridgehead atoms. The van der Waals surface area contributed by atoms with E-state index in [0.29, 0.717) is 16.0 Å². The highest BCUT2D eigenvalue weighted by molar-refractivity contribution is 8.18. The van der Waals surface area contributed by atoms with Gasteiger partial charge >= 0.3 is 0 Å². The number of nitriles is 1. The van der Waals surface area contributed by atoms with E-state index in [1.165, 1.54) is 0 Å². The molecule has 1 aliphatic heterocycles. The molecule has 4 rings (SSSR count). The van der Waals surface area contributed by atoms with Gasteiger partial charge in [0.05, 0.1) is 23.1 Å². The number of aromatic nitrogens is 1. The lowest BCUT2D eigenvalue weighted by atomic mass is 10.1. The average Bonchev–Trinajstić information content (AvgIpc) is 3.29. The number of hydrogen-bond donors (Lipinski definition) is 1. The molecule has 0 atom stereocenters. The Balaban J connectivity index is 1.61. The number of imide groups is 1. The van der Waals surface area contributed by atoms with Gasteiger partial charge in [-0.15, -0.1) is 0 Å². The zero-order chi connectivity index (χ0) is 20.4. The van der Waals surface area contributed by atoms with Crippen LogP contribution in [0.1, 0.15) is 16.8 Å². The molecule has 0 saturated carbocycles. The van der Waals surface area contributed by atoms with Gasteiger partial charge in [-0.2, -0.15) is 5.26 Å². The van der Waals surface area contributed by atoms with Gasteiger partial charge in [-0.1, -0.05) is 18.2 Å². The number of amides is 2. The van der Waals surface area contributed by atoms with Crippen molar-refractivity contribution in [3.05, 3.63) is 88.6 Å². The largest absolute Gasteiger partial charge is 0.508 e. The summed E-state index contributed by atoms with van der Waals surface area (Å²) < 4.78 is 1.86. The van der Waals surface area contributed by atoms with Crippen LogP contribution in [0.5, 0.6) is 5.75 Å². The highest BCUT2D eigenvalue weighted by Crippen LogP contribution is 2.34. The average molecular weight is 401 g/mol. The third kappa shape index (κ3) is 3.66. The van der Waals surface area contributed by atoms with Gasteiger partial charge in [0, 0.05) is 17.6 Å². The van der Waals surface area contributed by atoms with Crippen molar-refractivity contribution in [1.82, 2.24) is 9.47 Å². The van der Waals surface area contributed by atoms with Crippen molar-refractivity contribution in [1.29, 1.82) is 5.26 Å². The number of thioether (sulfide) groups is 1. The summed E-state index contributed by atoms with van der Waals surface area (Å²) in [4.78, 5) is 26.7. The second-order valence-electron chi connectivity index (χ2n) is 6.36. The highest BCUT2D eigenvalue weighted by Gasteiger charge is 2.35. The zero-order valence-electron chi connectivity index (χ0n) is 15.1. The smallest absolute Gasteiger partial charge is 0.293 e. The van der Waals surface area contributed by atoms with Crippen molar-refractivity contribution in [2.45, 2.75) is 6.54 Å². The second-order valence-corrected chi connectivity index (χ2v) is 7.35. The van der Waals surface area contributed by atoms with E-state index < -0.39 is 0 Å². The summed E-state index contributed by atoms with van der Waals surface area (Å²) in [5, 5.41) is 18.3. The quantitative estimate of drug-likeness (QED) is 0.659. The third-order valence-electron chi connectivity index (χ3n) is 4.53. The first-order chi connectivity index (χ1) is 14.1. The van der Waals surface area contributed by atoms with Crippen molar-refractivity contribution >= 4 is 29.0 Å². The minimum absolute atomic E-state index is 0.0602. The van der Waals surface area contributed by atoms with E-state index in [1.807, 2.05) is 22.9 Å². The Morgan fingerprint density at radius 2 is 1.79 bits per heavy atom. The number of carbonyl (C=O) groups is 2. The molecule has 1 fully saturated rings. The van der Waals surface area contributed by atoms with Crippen LogP contribution in [0.3, 0.4) is 0 Å². The highest BCUT2D eigenvalue weighted by atomic mass is 32.2. The fourth-order valence-corrected chi connectivity index (χ4v) is 3.89. The molecule has 0 spiro atoms. The van der Waals surface area contributed by atoms with Gasteiger partial charge in [0.1, 0.15) is 5.75 Å². The third-order valence-corrected chi connectivity index (χ3v) is 5.43. The first-order valence-electron chi connectivity index (χ1n) is 8.77. The summed E-state index contributed by atoms with van der Waals surface area (Å²) in [6, 6.07) is 19.4. The number of benzene rings is 2. The van der Waals surface area contributed by atoms with Gasteiger partial charge in [-0.3, -0.25) is 14.5 Å². The van der Waals surface area contributed by atoms with Crippen LogP contribution in [0.25, 0.3) is 11.8 Å². The SMILES string of the molecule is N#Cc1ccccc1CN1C(=O)S/C(=C/c2cccn2-c2ccc(O)cc2)C1=O. The van der Waals surface area contributed by atoms with Gasteiger partial charge < -0.3 is 9.67 Å². The molecule has 6 nitrogen and oxygen atoms in total. The molecular formula is C22H15N3O3S. The topological polar surface area (TPSA) is 86.3 Å². The van der Waals surface area contributed by atoms with Crippen molar-refractivity contribution in [3.63, 3.8) is 0 Å². The summed E-state index contributed by atoms with van der Waals surface area (Å²) in [5.74, 6) is -0.215.